The number of anilines is 2. The second kappa shape index (κ2) is 9.88. The summed E-state index contributed by atoms with van der Waals surface area (Å²) in [6.45, 7) is 18.5. The van der Waals surface area contributed by atoms with Crippen molar-refractivity contribution in [2.24, 2.45) is 5.41 Å². The Balaban J connectivity index is 1.99. The molecule has 1 aliphatic rings. The molecule has 3 rings (SSSR count). The van der Waals surface area contributed by atoms with Crippen molar-refractivity contribution >= 4 is 17.6 Å². The summed E-state index contributed by atoms with van der Waals surface area (Å²) in [7, 11) is 0. The third-order valence-electron chi connectivity index (χ3n) is 6.39. The maximum atomic E-state index is 15.6. The van der Waals surface area contributed by atoms with Crippen LogP contribution in [0.3, 0.4) is 0 Å². The number of halogens is 1. The highest BCUT2D eigenvalue weighted by atomic mass is 19.1. The summed E-state index contributed by atoms with van der Waals surface area (Å²) in [6.07, 6.45) is 1.85. The Bertz CT molecular complexity index is 1070. The first-order valence-electron chi connectivity index (χ1n) is 12.6. The average molecular weight is 488 g/mol. The summed E-state index contributed by atoms with van der Waals surface area (Å²) in [5.74, 6) is 0.555. The van der Waals surface area contributed by atoms with Gasteiger partial charge in [0, 0.05) is 24.2 Å². The highest BCUT2D eigenvalue weighted by Crippen LogP contribution is 2.38. The molecule has 7 nitrogen and oxygen atoms in total. The topological polar surface area (TPSA) is 81.1 Å². The fourth-order valence-electron chi connectivity index (χ4n) is 4.87. The molecule has 1 fully saturated rings. The van der Waals surface area contributed by atoms with Crippen LogP contribution in [0, 0.1) is 18.2 Å². The summed E-state index contributed by atoms with van der Waals surface area (Å²) >= 11 is 0. The zero-order valence-electron chi connectivity index (χ0n) is 22.8. The quantitative estimate of drug-likeness (QED) is 0.529. The van der Waals surface area contributed by atoms with Crippen molar-refractivity contribution in [1.29, 1.82) is 0 Å². The minimum atomic E-state index is -0.834. The molecular weight excluding hydrogens is 445 g/mol. The van der Waals surface area contributed by atoms with E-state index in [-0.39, 0.29) is 29.8 Å². The number of esters is 1. The van der Waals surface area contributed by atoms with Crippen LogP contribution in [-0.2, 0) is 27.9 Å². The van der Waals surface area contributed by atoms with Crippen molar-refractivity contribution in [3.05, 3.63) is 34.9 Å². The van der Waals surface area contributed by atoms with Crippen LogP contribution < -0.4 is 10.6 Å². The number of aryl methyl sites for hydroxylation is 2. The number of hydrogen-bond donors (Lipinski definition) is 2. The molecule has 0 bridgehead atoms. The SMILES string of the molecule is CCc1cc(Nc2cc(C)n(C(C)(C)C)n2)nc(C[C@@]2(C(=O)OC(C)(C)C)CCN[C@H](C)C2)c1F. The summed E-state index contributed by atoms with van der Waals surface area (Å²) in [4.78, 5) is 18.1. The number of pyridine rings is 1. The number of carbonyl (C=O) groups is 1. The summed E-state index contributed by atoms with van der Waals surface area (Å²) < 4.78 is 23.3. The number of aromatic nitrogens is 3. The van der Waals surface area contributed by atoms with Crippen LogP contribution in [-0.4, -0.2) is 38.9 Å². The van der Waals surface area contributed by atoms with E-state index in [4.69, 9.17) is 4.74 Å². The third kappa shape index (κ3) is 6.40. The molecule has 1 aliphatic heterocycles. The molecule has 35 heavy (non-hydrogen) atoms. The normalized spacial score (nSPS) is 21.1. The second-order valence-electron chi connectivity index (χ2n) is 11.9. The third-order valence-corrected chi connectivity index (χ3v) is 6.39. The van der Waals surface area contributed by atoms with Gasteiger partial charge in [0.25, 0.3) is 0 Å². The highest BCUT2D eigenvalue weighted by molar-refractivity contribution is 5.78. The van der Waals surface area contributed by atoms with E-state index in [1.165, 1.54) is 0 Å². The van der Waals surface area contributed by atoms with Crippen molar-refractivity contribution in [2.45, 2.75) is 105 Å². The van der Waals surface area contributed by atoms with Crippen molar-refractivity contribution in [2.75, 3.05) is 11.9 Å². The molecule has 1 saturated heterocycles. The number of ether oxygens (including phenoxy) is 1. The van der Waals surface area contributed by atoms with Crippen LogP contribution in [0.4, 0.5) is 16.0 Å². The van der Waals surface area contributed by atoms with E-state index in [0.29, 0.717) is 48.7 Å². The minimum Gasteiger partial charge on any atom is -0.460 e. The van der Waals surface area contributed by atoms with Crippen LogP contribution in [0.15, 0.2) is 12.1 Å². The Morgan fingerprint density at radius 1 is 1.26 bits per heavy atom. The van der Waals surface area contributed by atoms with Crippen molar-refractivity contribution < 1.29 is 13.9 Å². The molecule has 2 aromatic rings. The zero-order chi connectivity index (χ0) is 26.2. The van der Waals surface area contributed by atoms with Gasteiger partial charge in [-0.15, -0.1) is 0 Å². The van der Waals surface area contributed by atoms with Gasteiger partial charge < -0.3 is 15.4 Å². The number of carbonyl (C=O) groups excluding carboxylic acids is 1. The molecule has 8 heteroatoms. The van der Waals surface area contributed by atoms with E-state index in [0.717, 1.165) is 5.69 Å². The van der Waals surface area contributed by atoms with Gasteiger partial charge in [-0.05, 0) is 92.8 Å². The lowest BCUT2D eigenvalue weighted by Gasteiger charge is -2.40. The number of rotatable bonds is 6. The van der Waals surface area contributed by atoms with E-state index in [1.807, 2.05) is 52.3 Å². The molecule has 0 spiro atoms. The lowest BCUT2D eigenvalue weighted by molar-refractivity contribution is -0.170. The Labute approximate surface area is 209 Å². The maximum absolute atomic E-state index is 15.6. The molecule has 194 valence electrons. The van der Waals surface area contributed by atoms with E-state index in [2.05, 4.69) is 41.5 Å². The largest absolute Gasteiger partial charge is 0.460 e. The summed E-state index contributed by atoms with van der Waals surface area (Å²) in [6, 6.07) is 3.81. The maximum Gasteiger partial charge on any atom is 0.313 e. The standard InChI is InChI=1S/C27H42FN5O2/c1-10-19-14-21(31-22-13-18(3)33(32-22)25(4,5)6)30-20(23(19)28)16-27(11-12-29-17(2)15-27)24(34)35-26(7,8)9/h13-14,17,29H,10-12,15-16H2,1-9H3,(H,30,31,32)/t17-,27-/m1/s1. The first kappa shape index (κ1) is 27.1. The van der Waals surface area contributed by atoms with Gasteiger partial charge in [0.2, 0.25) is 0 Å². The first-order valence-corrected chi connectivity index (χ1v) is 12.6. The van der Waals surface area contributed by atoms with Gasteiger partial charge in [-0.25, -0.2) is 9.37 Å². The lowest BCUT2D eigenvalue weighted by Crippen LogP contribution is -2.50. The first-order chi connectivity index (χ1) is 16.1. The molecule has 0 radical (unpaired) electrons. The molecule has 2 atom stereocenters. The molecule has 0 aromatic carbocycles. The predicted octanol–water partition coefficient (Wildman–Crippen LogP) is 5.43. The van der Waals surface area contributed by atoms with Gasteiger partial charge >= 0.3 is 5.97 Å². The number of hydrogen-bond acceptors (Lipinski definition) is 6. The number of piperidine rings is 1. The van der Waals surface area contributed by atoms with Crippen LogP contribution in [0.1, 0.15) is 85.2 Å². The van der Waals surface area contributed by atoms with Gasteiger partial charge in [0.15, 0.2) is 5.82 Å². The minimum absolute atomic E-state index is 0.121. The van der Waals surface area contributed by atoms with Gasteiger partial charge in [-0.3, -0.25) is 9.48 Å². The van der Waals surface area contributed by atoms with Gasteiger partial charge in [-0.2, -0.15) is 5.10 Å². The van der Waals surface area contributed by atoms with E-state index in [9.17, 15) is 4.79 Å². The lowest BCUT2D eigenvalue weighted by atomic mass is 9.72. The zero-order valence-corrected chi connectivity index (χ0v) is 22.8. The molecule has 0 unspecified atom stereocenters. The van der Waals surface area contributed by atoms with E-state index >= 15 is 4.39 Å². The molecule has 2 N–H and O–H groups in total. The Kier molecular flexibility index (Phi) is 7.65. The second-order valence-corrected chi connectivity index (χ2v) is 11.9. The number of nitrogens with zero attached hydrogens (tertiary/aromatic N) is 3. The van der Waals surface area contributed by atoms with E-state index in [1.54, 1.807) is 6.07 Å². The van der Waals surface area contributed by atoms with Crippen LogP contribution in [0.5, 0.6) is 0 Å². The molecular formula is C27H42FN5O2. The van der Waals surface area contributed by atoms with Crippen LogP contribution in [0.25, 0.3) is 0 Å². The number of nitrogens with one attached hydrogen (secondary N) is 2. The monoisotopic (exact) mass is 487 g/mol. The molecule has 3 heterocycles. The average Bonchev–Trinajstić information content (AvgIpc) is 3.09. The summed E-state index contributed by atoms with van der Waals surface area (Å²) in [5.41, 5.74) is 0.257. The Morgan fingerprint density at radius 3 is 2.49 bits per heavy atom. The Hall–Kier alpha value is -2.48. The van der Waals surface area contributed by atoms with E-state index < -0.39 is 11.0 Å². The Morgan fingerprint density at radius 2 is 1.94 bits per heavy atom. The van der Waals surface area contributed by atoms with Crippen molar-refractivity contribution in [1.82, 2.24) is 20.1 Å². The van der Waals surface area contributed by atoms with Crippen molar-refractivity contribution in [3.8, 4) is 0 Å². The van der Waals surface area contributed by atoms with Gasteiger partial charge in [0.05, 0.1) is 16.6 Å². The smallest absolute Gasteiger partial charge is 0.313 e. The fraction of sp³-hybridized carbons (Fsp3) is 0.667. The fourth-order valence-corrected chi connectivity index (χ4v) is 4.87. The predicted molar refractivity (Wildman–Crippen MR) is 137 cm³/mol. The molecule has 2 aromatic heterocycles. The van der Waals surface area contributed by atoms with Gasteiger partial charge in [0.1, 0.15) is 17.2 Å². The van der Waals surface area contributed by atoms with Crippen molar-refractivity contribution in [3.63, 3.8) is 0 Å². The highest BCUT2D eigenvalue weighted by Gasteiger charge is 2.45. The molecule has 0 saturated carbocycles. The summed E-state index contributed by atoms with van der Waals surface area (Å²) in [5, 5.41) is 11.3. The molecule has 0 aliphatic carbocycles. The van der Waals surface area contributed by atoms with Gasteiger partial charge in [-0.1, -0.05) is 6.92 Å². The molecule has 0 amide bonds. The van der Waals surface area contributed by atoms with Crippen LogP contribution >= 0.6 is 0 Å². The van der Waals surface area contributed by atoms with Crippen LogP contribution in [0.2, 0.25) is 0 Å².